The lowest BCUT2D eigenvalue weighted by molar-refractivity contribution is 0.105. The number of hydrogen-bond donors (Lipinski definition) is 0. The van der Waals surface area contributed by atoms with E-state index >= 15 is 0 Å². The molecule has 3 aromatic heterocycles. The smallest absolute Gasteiger partial charge is 0.269 e. The zero-order chi connectivity index (χ0) is 22.0. The van der Waals surface area contributed by atoms with Gasteiger partial charge in [0.1, 0.15) is 20.4 Å². The Labute approximate surface area is 194 Å². The average molecular weight is 490 g/mol. The number of hydrogen-bond acceptors (Lipinski definition) is 8. The number of Topliss-reactive ketones (excluding diaryl/α,β-unsaturated/α-hetero) is 1. The number of benzene rings is 1. The molecule has 0 N–H and O–H groups in total. The van der Waals surface area contributed by atoms with Crippen molar-refractivity contribution < 1.29 is 9.53 Å². The lowest BCUT2D eigenvalue weighted by atomic mass is 10.1. The third kappa shape index (κ3) is 4.54. The number of aryl methyl sites for hydroxylation is 1. The number of para-hydroxylation sites is 1. The molecule has 10 heteroatoms. The summed E-state index contributed by atoms with van der Waals surface area (Å²) in [6.45, 7) is 2.13. The van der Waals surface area contributed by atoms with Crippen LogP contribution in [0.3, 0.4) is 0 Å². The van der Waals surface area contributed by atoms with Gasteiger partial charge >= 0.3 is 0 Å². The Bertz CT molecular complexity index is 1430. The number of methoxy groups -OCH3 is 1. The fourth-order valence-corrected chi connectivity index (χ4v) is 5.49. The molecule has 0 unspecified atom stereocenters. The molecule has 31 heavy (non-hydrogen) atoms. The lowest BCUT2D eigenvalue weighted by Gasteiger charge is -2.04. The van der Waals surface area contributed by atoms with Crippen molar-refractivity contribution in [1.29, 1.82) is 0 Å². The molecule has 0 spiro atoms. The molecule has 3 heterocycles. The minimum absolute atomic E-state index is 0.132. The first-order valence-corrected chi connectivity index (χ1v) is 11.9. The van der Waals surface area contributed by atoms with Crippen LogP contribution in [-0.2, 0) is 6.54 Å². The van der Waals surface area contributed by atoms with Crippen molar-refractivity contribution in [1.82, 2.24) is 14.2 Å². The van der Waals surface area contributed by atoms with E-state index in [1.54, 1.807) is 35.6 Å². The van der Waals surface area contributed by atoms with Gasteiger partial charge in [0, 0.05) is 22.5 Å². The number of carbonyl (C=O) groups excluding carboxylic acids is 1. The van der Waals surface area contributed by atoms with Gasteiger partial charge in [-0.3, -0.25) is 14.2 Å². The van der Waals surface area contributed by atoms with Crippen LogP contribution in [0.25, 0.3) is 12.2 Å². The Hall–Kier alpha value is -2.59. The van der Waals surface area contributed by atoms with Crippen LogP contribution < -0.4 is 19.5 Å². The van der Waals surface area contributed by atoms with Gasteiger partial charge in [0.05, 0.1) is 23.8 Å². The molecule has 0 aliphatic carbocycles. The number of ketones is 1. The van der Waals surface area contributed by atoms with Crippen LogP contribution in [0.5, 0.6) is 5.75 Å². The highest BCUT2D eigenvalue weighted by Crippen LogP contribution is 2.19. The third-order valence-corrected chi connectivity index (χ3v) is 7.55. The van der Waals surface area contributed by atoms with Crippen molar-refractivity contribution in [3.8, 4) is 5.75 Å². The van der Waals surface area contributed by atoms with Crippen molar-refractivity contribution >= 4 is 63.7 Å². The lowest BCUT2D eigenvalue weighted by Crippen LogP contribution is -2.32. The number of carbonyl (C=O) groups is 1. The van der Waals surface area contributed by atoms with Crippen LogP contribution in [-0.4, -0.2) is 27.0 Å². The van der Waals surface area contributed by atoms with Crippen LogP contribution >= 0.6 is 45.8 Å². The highest BCUT2D eigenvalue weighted by Gasteiger charge is 2.14. The molecule has 0 amide bonds. The summed E-state index contributed by atoms with van der Waals surface area (Å²) in [5.41, 5.74) is 1.79. The van der Waals surface area contributed by atoms with E-state index in [4.69, 9.17) is 16.3 Å². The number of thiophene rings is 1. The molecule has 1 aromatic carbocycles. The van der Waals surface area contributed by atoms with Gasteiger partial charge in [-0.25, -0.2) is 0 Å². The minimum Gasteiger partial charge on any atom is -0.496 e. The SMILES string of the molecule is COc1ccccc1C(=O)/C=c1\s/c(=C\c2sccc2C)c(=O)n1Cc1nnsc1Cl. The summed E-state index contributed by atoms with van der Waals surface area (Å²) >= 11 is 10.0. The van der Waals surface area contributed by atoms with Crippen molar-refractivity contribution in [2.75, 3.05) is 7.11 Å². The Balaban J connectivity index is 1.89. The van der Waals surface area contributed by atoms with Crippen LogP contribution in [0, 0.1) is 6.92 Å². The Morgan fingerprint density at radius 1 is 1.29 bits per heavy atom. The highest BCUT2D eigenvalue weighted by molar-refractivity contribution is 7.11. The Kier molecular flexibility index (Phi) is 6.47. The standard InChI is InChI=1S/C21H16ClN3O3S3/c1-12-7-8-29-17(12)10-18-21(27)25(11-14-20(22)31-24-23-14)19(30-18)9-15(26)13-5-3-4-6-16(13)28-2/h3-10H,11H2,1-2H3/b18-10-,19-9-. The van der Waals surface area contributed by atoms with Gasteiger partial charge in [0.25, 0.3) is 5.56 Å². The summed E-state index contributed by atoms with van der Waals surface area (Å²) < 4.78 is 12.1. The number of aromatic nitrogens is 3. The van der Waals surface area contributed by atoms with Gasteiger partial charge in [-0.2, -0.15) is 0 Å². The first-order valence-electron chi connectivity index (χ1n) is 9.09. The molecule has 0 aliphatic heterocycles. The predicted molar refractivity (Wildman–Crippen MR) is 126 cm³/mol. The monoisotopic (exact) mass is 489 g/mol. The van der Waals surface area contributed by atoms with Gasteiger partial charge in [-0.05, 0) is 42.1 Å². The Morgan fingerprint density at radius 2 is 2.10 bits per heavy atom. The second-order valence-corrected chi connectivity index (χ2v) is 9.88. The van der Waals surface area contributed by atoms with Crippen LogP contribution in [0.15, 0.2) is 40.5 Å². The zero-order valence-corrected chi connectivity index (χ0v) is 19.7. The molecule has 0 fully saturated rings. The molecule has 0 aliphatic rings. The van der Waals surface area contributed by atoms with Crippen molar-refractivity contribution in [3.05, 3.63) is 81.3 Å². The molecule has 6 nitrogen and oxygen atoms in total. The van der Waals surface area contributed by atoms with Gasteiger partial charge in [-0.1, -0.05) is 28.2 Å². The van der Waals surface area contributed by atoms with E-state index in [9.17, 15) is 9.59 Å². The normalized spacial score (nSPS) is 12.5. The van der Waals surface area contributed by atoms with Gasteiger partial charge in [-0.15, -0.1) is 27.8 Å². The van der Waals surface area contributed by atoms with E-state index < -0.39 is 0 Å². The highest BCUT2D eigenvalue weighted by atomic mass is 35.5. The van der Waals surface area contributed by atoms with Crippen LogP contribution in [0.2, 0.25) is 4.34 Å². The van der Waals surface area contributed by atoms with E-state index in [0.29, 0.717) is 30.5 Å². The average Bonchev–Trinajstić information content (AvgIpc) is 3.44. The number of rotatable bonds is 6. The molecule has 0 saturated heterocycles. The maximum absolute atomic E-state index is 13.2. The fourth-order valence-electron chi connectivity index (χ4n) is 2.92. The fraction of sp³-hybridized carbons (Fsp3) is 0.143. The third-order valence-electron chi connectivity index (χ3n) is 4.54. The minimum atomic E-state index is -0.256. The number of nitrogens with zero attached hydrogens (tertiary/aromatic N) is 3. The summed E-state index contributed by atoms with van der Waals surface area (Å²) in [7, 11) is 1.51. The van der Waals surface area contributed by atoms with E-state index in [1.165, 1.54) is 29.1 Å². The maximum Gasteiger partial charge on any atom is 0.269 e. The largest absolute Gasteiger partial charge is 0.496 e. The molecule has 0 atom stereocenters. The second-order valence-electron chi connectivity index (χ2n) is 6.51. The van der Waals surface area contributed by atoms with E-state index in [0.717, 1.165) is 22.0 Å². The van der Waals surface area contributed by atoms with Crippen molar-refractivity contribution in [2.24, 2.45) is 0 Å². The van der Waals surface area contributed by atoms with Gasteiger partial charge in [0.2, 0.25) is 0 Å². The quantitative estimate of drug-likeness (QED) is 0.388. The van der Waals surface area contributed by atoms with Crippen LogP contribution in [0.4, 0.5) is 0 Å². The number of thiazole rings is 1. The molecule has 0 saturated carbocycles. The molecular weight excluding hydrogens is 474 g/mol. The summed E-state index contributed by atoms with van der Waals surface area (Å²) in [4.78, 5) is 27.2. The molecular formula is C21H16ClN3O3S3. The van der Waals surface area contributed by atoms with Gasteiger partial charge < -0.3 is 4.74 Å². The van der Waals surface area contributed by atoms with Crippen molar-refractivity contribution in [2.45, 2.75) is 13.5 Å². The molecule has 4 aromatic rings. The zero-order valence-electron chi connectivity index (χ0n) is 16.5. The summed E-state index contributed by atoms with van der Waals surface area (Å²) in [5, 5.41) is 5.99. The second kappa shape index (κ2) is 9.27. The van der Waals surface area contributed by atoms with Crippen LogP contribution in [0.1, 0.15) is 26.5 Å². The van der Waals surface area contributed by atoms with Crippen molar-refractivity contribution in [3.63, 3.8) is 0 Å². The molecule has 4 rings (SSSR count). The molecule has 0 radical (unpaired) electrons. The first-order chi connectivity index (χ1) is 15.0. The van der Waals surface area contributed by atoms with E-state index in [2.05, 4.69) is 9.59 Å². The van der Waals surface area contributed by atoms with E-state index in [-0.39, 0.29) is 17.9 Å². The molecule has 0 bridgehead atoms. The first kappa shape index (κ1) is 21.6. The van der Waals surface area contributed by atoms with Gasteiger partial charge in [0.15, 0.2) is 5.78 Å². The summed E-state index contributed by atoms with van der Waals surface area (Å²) in [5.74, 6) is 0.218. The summed E-state index contributed by atoms with van der Waals surface area (Å²) in [6, 6.07) is 8.98. The van der Waals surface area contributed by atoms with E-state index in [1.807, 2.05) is 24.4 Å². The topological polar surface area (TPSA) is 74.1 Å². The Morgan fingerprint density at radius 3 is 2.77 bits per heavy atom. The summed E-state index contributed by atoms with van der Waals surface area (Å²) in [6.07, 6.45) is 3.31. The number of ether oxygens (including phenoxy) is 1. The number of halogens is 1. The molecule has 158 valence electrons. The predicted octanol–water partition coefficient (Wildman–Crippen LogP) is 3.33. The maximum atomic E-state index is 13.2.